The number of rotatable bonds is 13. The molecule has 0 saturated carbocycles. The van der Waals surface area contributed by atoms with Gasteiger partial charge in [0.25, 0.3) is 0 Å². The average molecular weight is 527 g/mol. The van der Waals surface area contributed by atoms with Gasteiger partial charge in [0.1, 0.15) is 11.0 Å². The largest absolute Gasteiger partial charge is 0.476 e. The highest BCUT2D eigenvalue weighted by Gasteiger charge is 2.38. The molecule has 0 aromatic carbocycles. The topological polar surface area (TPSA) is 129 Å². The van der Waals surface area contributed by atoms with Gasteiger partial charge in [-0.1, -0.05) is 34.1 Å². The zero-order valence-corrected chi connectivity index (χ0v) is 23.9. The number of carboxylic acid groups (broad SMARTS) is 1. The van der Waals surface area contributed by atoms with Gasteiger partial charge in [0, 0.05) is 31.8 Å². The Morgan fingerprint density at radius 2 is 1.75 bits per heavy atom. The standard InChI is InChI=1S/C25H42N4O6S/c1-11-15(4)20(27-24(34)25(6,7)28(8)9)22(31)29(10)18(14(2)3)12-19(35-16(5)30)21-26-17(13-36-21)23(32)33/h13-15,18-20H,11-12H2,1-10H3,(H,27,34)(H,32,33). The second-order valence-electron chi connectivity index (χ2n) is 10.3. The summed E-state index contributed by atoms with van der Waals surface area (Å²) < 4.78 is 5.51. The maximum absolute atomic E-state index is 13.8. The van der Waals surface area contributed by atoms with E-state index in [1.165, 1.54) is 12.3 Å². The van der Waals surface area contributed by atoms with Gasteiger partial charge in [0.15, 0.2) is 11.8 Å². The number of carboxylic acids is 1. The summed E-state index contributed by atoms with van der Waals surface area (Å²) in [6.45, 7) is 12.7. The van der Waals surface area contributed by atoms with Gasteiger partial charge in [-0.25, -0.2) is 9.78 Å². The minimum atomic E-state index is -1.17. The van der Waals surface area contributed by atoms with Crippen molar-refractivity contribution in [2.24, 2.45) is 11.8 Å². The number of esters is 1. The maximum Gasteiger partial charge on any atom is 0.355 e. The SMILES string of the molecule is CCC(C)C(NC(=O)C(C)(C)N(C)C)C(=O)N(C)C(CC(OC(C)=O)c1nc(C(=O)O)cs1)C(C)C. The maximum atomic E-state index is 13.8. The molecule has 1 aromatic rings. The van der Waals surface area contributed by atoms with Gasteiger partial charge >= 0.3 is 11.9 Å². The molecule has 1 heterocycles. The Hall–Kier alpha value is -2.53. The van der Waals surface area contributed by atoms with Crippen molar-refractivity contribution in [1.82, 2.24) is 20.1 Å². The molecule has 1 rings (SSSR count). The predicted molar refractivity (Wildman–Crippen MR) is 139 cm³/mol. The molecule has 36 heavy (non-hydrogen) atoms. The Morgan fingerprint density at radius 3 is 2.17 bits per heavy atom. The third-order valence-corrected chi connectivity index (χ3v) is 7.77. The summed E-state index contributed by atoms with van der Waals surface area (Å²) in [5, 5.41) is 14.0. The molecule has 0 spiro atoms. The molecule has 2 amide bonds. The third kappa shape index (κ3) is 7.99. The molecular formula is C25H42N4O6S. The first-order valence-electron chi connectivity index (χ1n) is 12.1. The number of aromatic carboxylic acids is 1. The molecule has 4 atom stereocenters. The average Bonchev–Trinajstić information content (AvgIpc) is 3.28. The third-order valence-electron chi connectivity index (χ3n) is 6.83. The second-order valence-corrected chi connectivity index (χ2v) is 11.2. The number of thiazole rings is 1. The van der Waals surface area contributed by atoms with E-state index in [0.29, 0.717) is 11.4 Å². The normalized spacial score (nSPS) is 15.2. The van der Waals surface area contributed by atoms with Gasteiger partial charge in [-0.2, -0.15) is 0 Å². The first kappa shape index (κ1) is 31.5. The van der Waals surface area contributed by atoms with Crippen LogP contribution in [0.3, 0.4) is 0 Å². The van der Waals surface area contributed by atoms with E-state index >= 15 is 0 Å². The lowest BCUT2D eigenvalue weighted by atomic mass is 9.92. The van der Waals surface area contributed by atoms with Crippen LogP contribution in [0.25, 0.3) is 0 Å². The summed E-state index contributed by atoms with van der Waals surface area (Å²) in [6, 6.07) is -1.11. The first-order chi connectivity index (χ1) is 16.5. The van der Waals surface area contributed by atoms with Crippen LogP contribution in [-0.2, 0) is 19.1 Å². The molecule has 4 unspecified atom stereocenters. The Labute approximate surface area is 218 Å². The van der Waals surface area contributed by atoms with Crippen LogP contribution in [0.15, 0.2) is 5.38 Å². The van der Waals surface area contributed by atoms with Crippen LogP contribution in [0.4, 0.5) is 0 Å². The number of amides is 2. The molecule has 0 bridgehead atoms. The van der Waals surface area contributed by atoms with E-state index in [-0.39, 0.29) is 41.8 Å². The van der Waals surface area contributed by atoms with Gasteiger partial charge in [0.05, 0.1) is 5.54 Å². The van der Waals surface area contributed by atoms with E-state index in [0.717, 1.165) is 11.3 Å². The molecule has 2 N–H and O–H groups in total. The van der Waals surface area contributed by atoms with Crippen molar-refractivity contribution in [3.05, 3.63) is 16.1 Å². The highest BCUT2D eigenvalue weighted by molar-refractivity contribution is 7.09. The number of hydrogen-bond donors (Lipinski definition) is 2. The summed E-state index contributed by atoms with van der Waals surface area (Å²) >= 11 is 1.10. The van der Waals surface area contributed by atoms with E-state index in [2.05, 4.69) is 10.3 Å². The van der Waals surface area contributed by atoms with Crippen molar-refractivity contribution in [2.75, 3.05) is 21.1 Å². The minimum absolute atomic E-state index is 0.0255. The van der Waals surface area contributed by atoms with Crippen molar-refractivity contribution < 1.29 is 29.0 Å². The highest BCUT2D eigenvalue weighted by atomic mass is 32.1. The van der Waals surface area contributed by atoms with Gasteiger partial charge in [-0.3, -0.25) is 19.3 Å². The van der Waals surface area contributed by atoms with E-state index in [4.69, 9.17) is 4.74 Å². The van der Waals surface area contributed by atoms with E-state index in [1.807, 2.05) is 41.8 Å². The van der Waals surface area contributed by atoms with E-state index in [1.54, 1.807) is 30.7 Å². The second kappa shape index (κ2) is 13.1. The lowest BCUT2D eigenvalue weighted by Gasteiger charge is -2.38. The highest BCUT2D eigenvalue weighted by Crippen LogP contribution is 2.31. The van der Waals surface area contributed by atoms with E-state index < -0.39 is 29.6 Å². The number of carbonyl (C=O) groups is 4. The van der Waals surface area contributed by atoms with Gasteiger partial charge in [-0.15, -0.1) is 11.3 Å². The molecule has 0 fully saturated rings. The Bertz CT molecular complexity index is 929. The number of likely N-dealkylation sites (N-methyl/N-ethyl adjacent to an activating group) is 2. The van der Waals surface area contributed by atoms with Crippen LogP contribution >= 0.6 is 11.3 Å². The molecule has 1 aromatic heterocycles. The summed E-state index contributed by atoms with van der Waals surface area (Å²) in [5.74, 6) is -2.32. The molecule has 11 heteroatoms. The zero-order valence-electron chi connectivity index (χ0n) is 23.1. The van der Waals surface area contributed by atoms with E-state index in [9.17, 15) is 24.3 Å². The van der Waals surface area contributed by atoms with Crippen LogP contribution in [0.2, 0.25) is 0 Å². The van der Waals surface area contributed by atoms with Crippen LogP contribution in [0.5, 0.6) is 0 Å². The first-order valence-corrected chi connectivity index (χ1v) is 13.0. The van der Waals surface area contributed by atoms with Crippen molar-refractivity contribution >= 4 is 35.1 Å². The van der Waals surface area contributed by atoms with Crippen LogP contribution in [0, 0.1) is 11.8 Å². The molecule has 0 radical (unpaired) electrons. The number of carbonyl (C=O) groups excluding carboxylic acids is 3. The summed E-state index contributed by atoms with van der Waals surface area (Å²) in [7, 11) is 5.30. The molecule has 0 aliphatic heterocycles. The number of ether oxygens (including phenoxy) is 1. The Kier molecular flexibility index (Phi) is 11.5. The fraction of sp³-hybridized carbons (Fsp3) is 0.720. The molecule has 0 aliphatic rings. The number of nitrogens with zero attached hydrogens (tertiary/aromatic N) is 3. The van der Waals surface area contributed by atoms with Crippen molar-refractivity contribution in [3.8, 4) is 0 Å². The fourth-order valence-electron chi connectivity index (χ4n) is 3.62. The minimum Gasteiger partial charge on any atom is -0.476 e. The monoisotopic (exact) mass is 526 g/mol. The van der Waals surface area contributed by atoms with Crippen LogP contribution < -0.4 is 5.32 Å². The lowest BCUT2D eigenvalue weighted by Crippen LogP contribution is -2.60. The summed E-state index contributed by atoms with van der Waals surface area (Å²) in [5.41, 5.74) is -0.935. The Balaban J connectivity index is 3.27. The number of nitrogens with one attached hydrogen (secondary N) is 1. The molecule has 204 valence electrons. The van der Waals surface area contributed by atoms with Crippen molar-refractivity contribution in [3.63, 3.8) is 0 Å². The molecule has 0 aliphatic carbocycles. The summed E-state index contributed by atoms with van der Waals surface area (Å²) in [6.07, 6.45) is 0.107. The quantitative estimate of drug-likeness (QED) is 0.375. The van der Waals surface area contributed by atoms with Gasteiger partial charge < -0.3 is 20.1 Å². The van der Waals surface area contributed by atoms with Gasteiger partial charge in [-0.05, 0) is 39.8 Å². The number of aromatic nitrogens is 1. The zero-order chi connectivity index (χ0) is 28.0. The van der Waals surface area contributed by atoms with Crippen molar-refractivity contribution in [1.29, 1.82) is 0 Å². The van der Waals surface area contributed by atoms with Gasteiger partial charge in [0.2, 0.25) is 11.8 Å². The smallest absolute Gasteiger partial charge is 0.355 e. The lowest BCUT2D eigenvalue weighted by molar-refractivity contribution is -0.149. The molecule has 0 saturated heterocycles. The summed E-state index contributed by atoms with van der Waals surface area (Å²) in [4.78, 5) is 57.5. The van der Waals surface area contributed by atoms with Crippen molar-refractivity contribution in [2.45, 2.75) is 85.0 Å². The van der Waals surface area contributed by atoms with Crippen LogP contribution in [0.1, 0.15) is 82.9 Å². The molecular weight excluding hydrogens is 484 g/mol. The number of hydrogen-bond acceptors (Lipinski definition) is 8. The van der Waals surface area contributed by atoms with Crippen LogP contribution in [-0.4, -0.2) is 82.4 Å². The molecule has 10 nitrogen and oxygen atoms in total. The predicted octanol–water partition coefficient (Wildman–Crippen LogP) is 3.19. The fourth-order valence-corrected chi connectivity index (χ4v) is 4.45. The Morgan fingerprint density at radius 1 is 1.17 bits per heavy atom.